The van der Waals surface area contributed by atoms with Crippen molar-refractivity contribution < 1.29 is 14.3 Å². The van der Waals surface area contributed by atoms with Gasteiger partial charge < -0.3 is 9.47 Å². The number of rotatable bonds is 9. The molecule has 0 radical (unpaired) electrons. The Balaban J connectivity index is 1.40. The largest absolute Gasteiger partial charge is 0.497 e. The van der Waals surface area contributed by atoms with Crippen molar-refractivity contribution in [2.24, 2.45) is 5.10 Å². The molecule has 1 aliphatic rings. The summed E-state index contributed by atoms with van der Waals surface area (Å²) < 4.78 is 12.3. The Morgan fingerprint density at radius 3 is 2.61 bits per heavy atom. The van der Waals surface area contributed by atoms with Crippen LogP contribution in [-0.2, 0) is 17.6 Å². The van der Waals surface area contributed by atoms with Gasteiger partial charge in [0, 0.05) is 4.88 Å². The van der Waals surface area contributed by atoms with Gasteiger partial charge in [0.1, 0.15) is 16.3 Å². The van der Waals surface area contributed by atoms with Crippen molar-refractivity contribution in [3.8, 4) is 17.2 Å². The van der Waals surface area contributed by atoms with Gasteiger partial charge in [-0.15, -0.1) is 11.3 Å². The van der Waals surface area contributed by atoms with Gasteiger partial charge in [-0.25, -0.2) is 10.4 Å². The third kappa shape index (κ3) is 5.61. The van der Waals surface area contributed by atoms with Crippen LogP contribution in [0.5, 0.6) is 11.5 Å². The number of nitrogens with one attached hydrogen (secondary N) is 1. The maximum Gasteiger partial charge on any atom is 0.267 e. The maximum absolute atomic E-state index is 13.9. The van der Waals surface area contributed by atoms with Crippen LogP contribution in [0.4, 0.5) is 0 Å². The van der Waals surface area contributed by atoms with E-state index in [9.17, 15) is 9.59 Å². The first-order valence-electron chi connectivity index (χ1n) is 12.5. The molecule has 5 rings (SSSR count). The fourth-order valence-electron chi connectivity index (χ4n) is 4.40. The molecular formula is C28H28N4O4S2. The van der Waals surface area contributed by atoms with E-state index in [0.717, 1.165) is 53.1 Å². The van der Waals surface area contributed by atoms with Gasteiger partial charge in [-0.05, 0) is 92.3 Å². The second kappa shape index (κ2) is 11.8. The van der Waals surface area contributed by atoms with Crippen LogP contribution in [0.25, 0.3) is 15.9 Å². The topological polar surface area (TPSA) is 94.8 Å². The van der Waals surface area contributed by atoms with Crippen LogP contribution in [-0.4, -0.2) is 41.1 Å². The molecule has 0 saturated carbocycles. The molecule has 1 aliphatic carbocycles. The summed E-state index contributed by atoms with van der Waals surface area (Å²) in [7, 11) is 1.61. The summed E-state index contributed by atoms with van der Waals surface area (Å²) in [5, 5.41) is 5.23. The number of nitrogens with zero attached hydrogens (tertiary/aromatic N) is 3. The van der Waals surface area contributed by atoms with Crippen LogP contribution in [0.1, 0.15) is 35.8 Å². The molecule has 0 atom stereocenters. The fourth-order valence-corrected chi connectivity index (χ4v) is 6.51. The lowest BCUT2D eigenvalue weighted by molar-refractivity contribution is -0.118. The van der Waals surface area contributed by atoms with E-state index in [4.69, 9.17) is 14.5 Å². The van der Waals surface area contributed by atoms with Crippen molar-refractivity contribution in [1.82, 2.24) is 15.0 Å². The summed E-state index contributed by atoms with van der Waals surface area (Å²) in [5.74, 6) is 1.24. The molecule has 1 amide bonds. The van der Waals surface area contributed by atoms with Gasteiger partial charge in [0.25, 0.3) is 11.5 Å². The Hall–Kier alpha value is -3.63. The van der Waals surface area contributed by atoms with Crippen LogP contribution in [0.2, 0.25) is 0 Å². The standard InChI is InChI=1S/C28H28N4O4S2/c1-3-36-21-14-10-19(11-15-21)32-27(34)25-22-6-4-5-7-23(22)38-26(25)30-28(32)37-17-24(33)31-29-16-18-8-12-20(35-2)13-9-18/h8-16H,3-7,17H2,1-2H3,(H,31,33). The predicted molar refractivity (Wildman–Crippen MR) is 152 cm³/mol. The highest BCUT2D eigenvalue weighted by molar-refractivity contribution is 7.99. The fraction of sp³-hybridized carbons (Fsp3) is 0.286. The van der Waals surface area contributed by atoms with Gasteiger partial charge in [-0.2, -0.15) is 5.10 Å². The number of benzene rings is 2. The average molecular weight is 549 g/mol. The van der Waals surface area contributed by atoms with E-state index in [1.807, 2.05) is 55.5 Å². The highest BCUT2D eigenvalue weighted by Crippen LogP contribution is 2.35. The molecule has 8 nitrogen and oxygen atoms in total. The lowest BCUT2D eigenvalue weighted by Crippen LogP contribution is -2.24. The summed E-state index contributed by atoms with van der Waals surface area (Å²) in [6.45, 7) is 2.49. The van der Waals surface area contributed by atoms with Crippen molar-refractivity contribution in [2.75, 3.05) is 19.5 Å². The lowest BCUT2D eigenvalue weighted by atomic mass is 9.97. The number of hydrazone groups is 1. The van der Waals surface area contributed by atoms with E-state index in [1.165, 1.54) is 16.6 Å². The minimum Gasteiger partial charge on any atom is -0.497 e. The van der Waals surface area contributed by atoms with Crippen LogP contribution in [0.15, 0.2) is 63.6 Å². The first-order valence-corrected chi connectivity index (χ1v) is 14.3. The van der Waals surface area contributed by atoms with Crippen molar-refractivity contribution in [3.05, 3.63) is 74.9 Å². The van der Waals surface area contributed by atoms with Crippen molar-refractivity contribution in [2.45, 2.75) is 37.8 Å². The van der Waals surface area contributed by atoms with Crippen molar-refractivity contribution in [1.29, 1.82) is 0 Å². The molecule has 1 N–H and O–H groups in total. The molecule has 2 heterocycles. The van der Waals surface area contributed by atoms with E-state index in [1.54, 1.807) is 29.2 Å². The third-order valence-corrected chi connectivity index (χ3v) is 8.34. The molecule has 0 bridgehead atoms. The van der Waals surface area contributed by atoms with E-state index in [2.05, 4.69) is 10.5 Å². The Kier molecular flexibility index (Phi) is 8.09. The van der Waals surface area contributed by atoms with Crippen LogP contribution in [0.3, 0.4) is 0 Å². The minimum atomic E-state index is -0.294. The zero-order valence-corrected chi connectivity index (χ0v) is 22.9. The van der Waals surface area contributed by atoms with E-state index in [-0.39, 0.29) is 17.2 Å². The van der Waals surface area contributed by atoms with Gasteiger partial charge >= 0.3 is 0 Å². The summed E-state index contributed by atoms with van der Waals surface area (Å²) >= 11 is 2.81. The molecule has 10 heteroatoms. The number of thiophene rings is 1. The summed E-state index contributed by atoms with van der Waals surface area (Å²) in [6.07, 6.45) is 5.66. The Bertz CT molecular complexity index is 1530. The highest BCUT2D eigenvalue weighted by atomic mass is 32.2. The molecule has 38 heavy (non-hydrogen) atoms. The Labute approximate surface area is 228 Å². The first-order chi connectivity index (χ1) is 18.6. The van der Waals surface area contributed by atoms with Crippen LogP contribution in [0, 0.1) is 0 Å². The van der Waals surface area contributed by atoms with Crippen LogP contribution < -0.4 is 20.5 Å². The molecule has 0 fully saturated rings. The molecule has 2 aromatic carbocycles. The second-order valence-electron chi connectivity index (χ2n) is 8.71. The Morgan fingerprint density at radius 2 is 1.87 bits per heavy atom. The predicted octanol–water partition coefficient (Wildman–Crippen LogP) is 4.98. The molecule has 0 aliphatic heterocycles. The molecule has 0 spiro atoms. The molecule has 0 saturated heterocycles. The monoisotopic (exact) mass is 548 g/mol. The number of carbonyl (C=O) groups is 1. The Morgan fingerprint density at radius 1 is 1.13 bits per heavy atom. The molecule has 2 aromatic heterocycles. The quantitative estimate of drug-likeness (QED) is 0.137. The smallest absolute Gasteiger partial charge is 0.267 e. The summed E-state index contributed by atoms with van der Waals surface area (Å²) in [5.41, 5.74) is 5.10. The molecule has 4 aromatic rings. The van der Waals surface area contributed by atoms with Gasteiger partial charge in [0.05, 0.1) is 36.8 Å². The van der Waals surface area contributed by atoms with Crippen molar-refractivity contribution >= 4 is 45.4 Å². The number of ether oxygens (including phenoxy) is 2. The number of hydrogen-bond donors (Lipinski definition) is 1. The SMILES string of the molecule is CCOc1ccc(-n2c(SCC(=O)NN=Cc3ccc(OC)cc3)nc3sc4c(c3c2=O)CCCC4)cc1. The van der Waals surface area contributed by atoms with Gasteiger partial charge in [-0.3, -0.25) is 14.2 Å². The van der Waals surface area contributed by atoms with Crippen LogP contribution >= 0.6 is 23.1 Å². The highest BCUT2D eigenvalue weighted by Gasteiger charge is 2.23. The van der Waals surface area contributed by atoms with E-state index < -0.39 is 0 Å². The number of hydrogen-bond acceptors (Lipinski definition) is 8. The molecular weight excluding hydrogens is 520 g/mol. The molecule has 0 unspecified atom stereocenters. The van der Waals surface area contributed by atoms with Gasteiger partial charge in [0.2, 0.25) is 0 Å². The zero-order valence-electron chi connectivity index (χ0n) is 21.2. The summed E-state index contributed by atoms with van der Waals surface area (Å²) in [6, 6.07) is 14.7. The minimum absolute atomic E-state index is 0.0556. The number of methoxy groups -OCH3 is 1. The van der Waals surface area contributed by atoms with Gasteiger partial charge in [-0.1, -0.05) is 11.8 Å². The van der Waals surface area contributed by atoms with E-state index >= 15 is 0 Å². The summed E-state index contributed by atoms with van der Waals surface area (Å²) in [4.78, 5) is 33.3. The number of aryl methyl sites for hydroxylation is 2. The second-order valence-corrected chi connectivity index (χ2v) is 10.7. The average Bonchev–Trinajstić information content (AvgIpc) is 3.32. The lowest BCUT2D eigenvalue weighted by Gasteiger charge is -2.14. The maximum atomic E-state index is 13.9. The number of carbonyl (C=O) groups excluding carboxylic acids is 1. The van der Waals surface area contributed by atoms with Gasteiger partial charge in [0.15, 0.2) is 5.16 Å². The first kappa shape index (κ1) is 26.0. The molecule has 196 valence electrons. The number of amides is 1. The number of thioether (sulfide) groups is 1. The number of aromatic nitrogens is 2. The van der Waals surface area contributed by atoms with Crippen molar-refractivity contribution in [3.63, 3.8) is 0 Å². The zero-order chi connectivity index (χ0) is 26.5. The third-order valence-electron chi connectivity index (χ3n) is 6.22. The van der Waals surface area contributed by atoms with E-state index in [0.29, 0.717) is 22.8 Å². The normalized spacial score (nSPS) is 13.0. The number of fused-ring (bicyclic) bond motifs is 3.